The molecule has 12 heteroatoms. The highest BCUT2D eigenvalue weighted by molar-refractivity contribution is 7.91. The quantitative estimate of drug-likeness (QED) is 0.365. The molecule has 0 amide bonds. The highest BCUT2D eigenvalue weighted by Crippen LogP contribution is 2.38. The van der Waals surface area contributed by atoms with Crippen molar-refractivity contribution in [3.05, 3.63) is 29.8 Å². The Morgan fingerprint density at radius 3 is 2.12 bits per heavy atom. The number of sulfonamides is 1. The summed E-state index contributed by atoms with van der Waals surface area (Å²) in [5.41, 5.74) is 0.892. The smallest absolute Gasteiger partial charge is 0.389 e. The van der Waals surface area contributed by atoms with Gasteiger partial charge in [0, 0.05) is 46.3 Å². The van der Waals surface area contributed by atoms with Gasteiger partial charge in [-0.1, -0.05) is 32.9 Å². The molecular formula is C28H43F3N2O6S. The lowest BCUT2D eigenvalue weighted by molar-refractivity contribution is -0.142. The van der Waals surface area contributed by atoms with Crippen LogP contribution in [0.3, 0.4) is 0 Å². The normalized spacial score (nSPS) is 20.8. The van der Waals surface area contributed by atoms with E-state index >= 15 is 0 Å². The monoisotopic (exact) mass is 592 g/mol. The van der Waals surface area contributed by atoms with Gasteiger partial charge in [-0.2, -0.15) is 13.2 Å². The van der Waals surface area contributed by atoms with E-state index in [0.29, 0.717) is 38.2 Å². The fourth-order valence-corrected chi connectivity index (χ4v) is 7.70. The van der Waals surface area contributed by atoms with E-state index in [-0.39, 0.29) is 56.4 Å². The number of hydrogen-bond acceptors (Lipinski definition) is 6. The Morgan fingerprint density at radius 2 is 1.65 bits per heavy atom. The molecule has 0 aromatic heterocycles. The number of piperidine rings is 2. The Bertz CT molecular complexity index is 1070. The summed E-state index contributed by atoms with van der Waals surface area (Å²) in [6.07, 6.45) is -4.11. The summed E-state index contributed by atoms with van der Waals surface area (Å²) in [7, 11) is -2.44. The van der Waals surface area contributed by atoms with Crippen LogP contribution in [-0.4, -0.2) is 92.2 Å². The van der Waals surface area contributed by atoms with Crippen LogP contribution < -0.4 is 4.74 Å². The van der Waals surface area contributed by atoms with Crippen molar-refractivity contribution in [1.29, 1.82) is 0 Å². The van der Waals surface area contributed by atoms with Crippen molar-refractivity contribution in [2.24, 2.45) is 5.41 Å². The van der Waals surface area contributed by atoms with Crippen molar-refractivity contribution < 1.29 is 41.0 Å². The van der Waals surface area contributed by atoms with E-state index in [4.69, 9.17) is 9.47 Å². The molecule has 0 saturated carbocycles. The average Bonchev–Trinajstić information content (AvgIpc) is 2.89. The molecule has 0 bridgehead atoms. The molecule has 3 rings (SSSR count). The van der Waals surface area contributed by atoms with Gasteiger partial charge >= 0.3 is 12.1 Å². The molecule has 228 valence electrons. The minimum absolute atomic E-state index is 0.0234. The van der Waals surface area contributed by atoms with E-state index in [9.17, 15) is 31.5 Å². The van der Waals surface area contributed by atoms with E-state index in [1.54, 1.807) is 19.2 Å². The molecule has 1 aromatic carbocycles. The van der Waals surface area contributed by atoms with Crippen molar-refractivity contribution >= 4 is 16.0 Å². The van der Waals surface area contributed by atoms with Gasteiger partial charge in [-0.05, 0) is 61.1 Å². The highest BCUT2D eigenvalue weighted by atomic mass is 32.2. The fourth-order valence-electron chi connectivity index (χ4n) is 5.59. The van der Waals surface area contributed by atoms with Crippen LogP contribution in [0.2, 0.25) is 0 Å². The first-order valence-corrected chi connectivity index (χ1v) is 15.3. The van der Waals surface area contributed by atoms with Crippen LogP contribution in [0.4, 0.5) is 13.2 Å². The molecule has 8 nitrogen and oxygen atoms in total. The van der Waals surface area contributed by atoms with Crippen LogP contribution in [0.15, 0.2) is 24.3 Å². The zero-order valence-electron chi connectivity index (χ0n) is 23.9. The largest absolute Gasteiger partial charge is 0.494 e. The maximum atomic E-state index is 13.7. The lowest BCUT2D eigenvalue weighted by Crippen LogP contribution is -2.60. The first-order chi connectivity index (χ1) is 18.6. The number of carbonyl (C=O) groups is 1. The van der Waals surface area contributed by atoms with Crippen LogP contribution in [0.25, 0.3) is 0 Å². The van der Waals surface area contributed by atoms with Gasteiger partial charge in [-0.3, -0.25) is 4.79 Å². The Morgan fingerprint density at radius 1 is 1.07 bits per heavy atom. The van der Waals surface area contributed by atoms with E-state index in [2.05, 4.69) is 25.7 Å². The van der Waals surface area contributed by atoms with Gasteiger partial charge in [0.1, 0.15) is 5.75 Å². The summed E-state index contributed by atoms with van der Waals surface area (Å²) in [5.74, 6) is -0.712. The number of benzene rings is 1. The Balaban J connectivity index is 1.57. The van der Waals surface area contributed by atoms with Gasteiger partial charge in [-0.25, -0.2) is 12.7 Å². The van der Waals surface area contributed by atoms with Crippen molar-refractivity contribution in [3.8, 4) is 5.75 Å². The standard InChI is InChI=1S/C28H43F3N2O6S/c1-26(2,3)24(38-4)20-32-17-13-27(14-18-32,25(34)35)40(36,37)33-15-10-22(11-16-33)21-6-8-23(9-7-21)39-19-5-12-28(29,30)31/h6-9,22,24H,5,10-20H2,1-4H3,(H,34,35). The third-order valence-corrected chi connectivity index (χ3v) is 10.9. The number of halogens is 3. The lowest BCUT2D eigenvalue weighted by atomic mass is 9.87. The summed E-state index contributed by atoms with van der Waals surface area (Å²) in [6, 6.07) is 7.14. The number of alkyl halides is 3. The number of hydrogen-bond donors (Lipinski definition) is 1. The second-order valence-electron chi connectivity index (χ2n) is 12.0. The summed E-state index contributed by atoms with van der Waals surface area (Å²) in [4.78, 5) is 14.5. The number of rotatable bonds is 11. The molecule has 1 unspecified atom stereocenters. The van der Waals surface area contributed by atoms with Gasteiger partial charge in [0.05, 0.1) is 12.7 Å². The van der Waals surface area contributed by atoms with Gasteiger partial charge < -0.3 is 19.5 Å². The third kappa shape index (κ3) is 7.89. The molecule has 0 aliphatic carbocycles. The summed E-state index contributed by atoms with van der Waals surface area (Å²) >= 11 is 0. The molecule has 2 aliphatic heterocycles. The minimum Gasteiger partial charge on any atom is -0.494 e. The van der Waals surface area contributed by atoms with Gasteiger partial charge in [0.2, 0.25) is 10.0 Å². The van der Waals surface area contributed by atoms with Crippen molar-refractivity contribution in [2.45, 2.75) is 82.2 Å². The molecule has 1 atom stereocenters. The summed E-state index contributed by atoms with van der Waals surface area (Å²) in [6.45, 7) is 8.00. The van der Waals surface area contributed by atoms with Crippen LogP contribution in [-0.2, 0) is 19.6 Å². The van der Waals surface area contributed by atoms with E-state index in [1.165, 1.54) is 4.31 Å². The number of carboxylic acid groups (broad SMARTS) is 1. The first-order valence-electron chi connectivity index (χ1n) is 13.9. The molecule has 2 heterocycles. The minimum atomic E-state index is -4.20. The number of ether oxygens (including phenoxy) is 2. The average molecular weight is 593 g/mol. The topological polar surface area (TPSA) is 96.4 Å². The number of aliphatic carboxylic acids is 1. The van der Waals surface area contributed by atoms with Crippen molar-refractivity contribution in [3.63, 3.8) is 0 Å². The van der Waals surface area contributed by atoms with Crippen LogP contribution in [0, 0.1) is 5.41 Å². The molecule has 0 spiro atoms. The number of nitrogens with zero attached hydrogens (tertiary/aromatic N) is 2. The Hall–Kier alpha value is -1.89. The molecule has 2 fully saturated rings. The molecule has 2 aliphatic rings. The molecular weight excluding hydrogens is 549 g/mol. The Kier molecular flexibility index (Phi) is 10.6. The second-order valence-corrected chi connectivity index (χ2v) is 14.3. The zero-order valence-corrected chi connectivity index (χ0v) is 24.7. The highest BCUT2D eigenvalue weighted by Gasteiger charge is 2.55. The second kappa shape index (κ2) is 13.0. The predicted molar refractivity (Wildman–Crippen MR) is 146 cm³/mol. The number of carboxylic acids is 1. The SMILES string of the molecule is COC(CN1CCC(C(=O)O)(S(=O)(=O)N2CCC(c3ccc(OCCCC(F)(F)F)cc3)CC2)CC1)C(C)(C)C. The number of likely N-dealkylation sites (tertiary alicyclic amines) is 1. The Labute approximate surface area is 235 Å². The van der Waals surface area contributed by atoms with Crippen LogP contribution in [0.1, 0.15) is 70.8 Å². The van der Waals surface area contributed by atoms with Gasteiger partial charge in [0.15, 0.2) is 4.75 Å². The predicted octanol–water partition coefficient (Wildman–Crippen LogP) is 4.90. The molecule has 1 N–H and O–H groups in total. The maximum Gasteiger partial charge on any atom is 0.389 e. The number of methoxy groups -OCH3 is 1. The fraction of sp³-hybridized carbons (Fsp3) is 0.750. The van der Waals surface area contributed by atoms with Gasteiger partial charge in [0.25, 0.3) is 0 Å². The van der Waals surface area contributed by atoms with Crippen molar-refractivity contribution in [1.82, 2.24) is 9.21 Å². The zero-order chi connectivity index (χ0) is 29.8. The van der Waals surface area contributed by atoms with Crippen LogP contribution >= 0.6 is 0 Å². The van der Waals surface area contributed by atoms with E-state index in [1.807, 2.05) is 12.1 Å². The summed E-state index contributed by atoms with van der Waals surface area (Å²) < 4.78 is 74.9. The summed E-state index contributed by atoms with van der Waals surface area (Å²) in [5, 5.41) is 10.2. The van der Waals surface area contributed by atoms with E-state index in [0.717, 1.165) is 5.56 Å². The van der Waals surface area contributed by atoms with Crippen LogP contribution in [0.5, 0.6) is 5.75 Å². The lowest BCUT2D eigenvalue weighted by Gasteiger charge is -2.43. The van der Waals surface area contributed by atoms with E-state index < -0.39 is 33.3 Å². The first kappa shape index (κ1) is 32.6. The maximum absolute atomic E-state index is 13.7. The molecule has 2 saturated heterocycles. The third-order valence-electron chi connectivity index (χ3n) is 8.24. The molecule has 1 aromatic rings. The van der Waals surface area contributed by atoms with Gasteiger partial charge in [-0.15, -0.1) is 0 Å². The molecule has 40 heavy (non-hydrogen) atoms. The molecule has 0 radical (unpaired) electrons. The van der Waals surface area contributed by atoms with Crippen molar-refractivity contribution in [2.75, 3.05) is 46.4 Å².